The first-order valence-electron chi connectivity index (χ1n) is 9.83. The summed E-state index contributed by atoms with van der Waals surface area (Å²) in [5.74, 6) is -1.87. The van der Waals surface area contributed by atoms with E-state index < -0.39 is 11.7 Å². The number of amides is 3. The Morgan fingerprint density at radius 2 is 1.41 bits per heavy atom. The van der Waals surface area contributed by atoms with Crippen LogP contribution in [0.1, 0.15) is 36.6 Å². The van der Waals surface area contributed by atoms with E-state index >= 15 is 0 Å². The molecule has 3 rings (SSSR count). The molecule has 0 unspecified atom stereocenters. The fraction of sp³-hybridized carbons (Fsp3) is 0.125. The Balaban J connectivity index is 1.55. The molecular weight excluding hydrogens is 433 g/mol. The lowest BCUT2D eigenvalue weighted by atomic mass is 10.1. The Morgan fingerprint density at radius 3 is 2.06 bits per heavy atom. The minimum absolute atomic E-state index is 0.0850. The van der Waals surface area contributed by atoms with Gasteiger partial charge in [0.15, 0.2) is 0 Å². The highest BCUT2D eigenvalue weighted by atomic mass is 35.5. The summed E-state index contributed by atoms with van der Waals surface area (Å²) in [6.07, 6.45) is 0. The Hall–Kier alpha value is -3.71. The second-order valence-corrected chi connectivity index (χ2v) is 7.42. The van der Waals surface area contributed by atoms with E-state index in [0.29, 0.717) is 21.8 Å². The summed E-state index contributed by atoms with van der Waals surface area (Å²) in [6.45, 7) is 2.21. The number of aryl methyl sites for hydroxylation is 1. The highest BCUT2D eigenvalue weighted by Crippen LogP contribution is 2.19. The van der Waals surface area contributed by atoms with Gasteiger partial charge in [-0.15, -0.1) is 0 Å². The van der Waals surface area contributed by atoms with E-state index in [1.165, 1.54) is 24.3 Å². The van der Waals surface area contributed by atoms with Gasteiger partial charge in [-0.05, 0) is 61.0 Å². The lowest BCUT2D eigenvalue weighted by molar-refractivity contribution is 0.0927. The Bertz CT molecular complexity index is 1150. The molecule has 8 heteroatoms. The topological polar surface area (TPSA) is 87.3 Å². The van der Waals surface area contributed by atoms with E-state index in [1.807, 2.05) is 0 Å². The van der Waals surface area contributed by atoms with Gasteiger partial charge in [-0.3, -0.25) is 14.4 Å². The fourth-order valence-corrected chi connectivity index (χ4v) is 3.02. The first kappa shape index (κ1) is 23.0. The zero-order valence-electron chi connectivity index (χ0n) is 17.2. The Labute approximate surface area is 189 Å². The molecule has 3 N–H and O–H groups in total. The molecule has 0 spiro atoms. The lowest BCUT2D eigenvalue weighted by Crippen LogP contribution is -2.34. The van der Waals surface area contributed by atoms with E-state index in [-0.39, 0.29) is 30.5 Å². The zero-order valence-corrected chi connectivity index (χ0v) is 18.0. The SMILES string of the molecule is Cc1ccc(C(=O)NCCNC(=O)c2ccc(Cl)cc2)cc1NC(=O)c1ccccc1F. The standard InChI is InChI=1S/C24H21ClFN3O3/c1-15-6-7-17(14-21(15)29-24(32)19-4-2-3-5-20(19)26)23(31)28-13-12-27-22(30)16-8-10-18(25)11-9-16/h2-11,14H,12-13H2,1H3,(H,27,30)(H,28,31)(H,29,32). The van der Waals surface area contributed by atoms with Crippen molar-refractivity contribution >= 4 is 35.0 Å². The molecule has 0 aromatic heterocycles. The van der Waals surface area contributed by atoms with E-state index in [1.54, 1.807) is 49.4 Å². The molecule has 0 bridgehead atoms. The maximum Gasteiger partial charge on any atom is 0.258 e. The van der Waals surface area contributed by atoms with E-state index in [2.05, 4.69) is 16.0 Å². The molecule has 0 radical (unpaired) electrons. The van der Waals surface area contributed by atoms with Crippen LogP contribution in [0, 0.1) is 12.7 Å². The third-order valence-corrected chi connectivity index (χ3v) is 4.92. The third-order valence-electron chi connectivity index (χ3n) is 4.67. The first-order chi connectivity index (χ1) is 15.3. The number of nitrogens with one attached hydrogen (secondary N) is 3. The number of hydrogen-bond acceptors (Lipinski definition) is 3. The van der Waals surface area contributed by atoms with Gasteiger partial charge in [-0.2, -0.15) is 0 Å². The summed E-state index contributed by atoms with van der Waals surface area (Å²) in [4.78, 5) is 36.9. The molecule has 0 fully saturated rings. The highest BCUT2D eigenvalue weighted by Gasteiger charge is 2.14. The Morgan fingerprint density at radius 1 is 0.812 bits per heavy atom. The van der Waals surface area contributed by atoms with E-state index in [9.17, 15) is 18.8 Å². The number of carbonyl (C=O) groups excluding carboxylic acids is 3. The van der Waals surface area contributed by atoms with Crippen molar-refractivity contribution in [2.24, 2.45) is 0 Å². The summed E-state index contributed by atoms with van der Waals surface area (Å²) in [5, 5.41) is 8.59. The van der Waals surface area contributed by atoms with Gasteiger partial charge >= 0.3 is 0 Å². The normalized spacial score (nSPS) is 10.3. The molecule has 0 heterocycles. The van der Waals surface area contributed by atoms with E-state index in [4.69, 9.17) is 11.6 Å². The molecule has 0 aliphatic carbocycles. The molecular formula is C24H21ClFN3O3. The smallest absolute Gasteiger partial charge is 0.258 e. The molecule has 3 aromatic carbocycles. The van der Waals surface area contributed by atoms with Gasteiger partial charge in [0.2, 0.25) is 0 Å². The van der Waals surface area contributed by atoms with Gasteiger partial charge in [-0.1, -0.05) is 29.8 Å². The number of halogens is 2. The third kappa shape index (κ3) is 5.92. The van der Waals surface area contributed by atoms with Crippen LogP contribution in [-0.4, -0.2) is 30.8 Å². The van der Waals surface area contributed by atoms with E-state index in [0.717, 1.165) is 5.56 Å². The molecule has 3 aromatic rings. The van der Waals surface area contributed by atoms with Gasteiger partial charge in [0.05, 0.1) is 5.56 Å². The van der Waals surface area contributed by atoms with Crippen molar-refractivity contribution in [3.63, 3.8) is 0 Å². The first-order valence-corrected chi connectivity index (χ1v) is 10.2. The largest absolute Gasteiger partial charge is 0.350 e. The van der Waals surface area contributed by atoms with Crippen molar-refractivity contribution in [3.05, 3.63) is 99.8 Å². The molecule has 0 saturated heterocycles. The maximum atomic E-state index is 13.8. The zero-order chi connectivity index (χ0) is 23.1. The molecule has 0 atom stereocenters. The fourth-order valence-electron chi connectivity index (χ4n) is 2.89. The van der Waals surface area contributed by atoms with Crippen LogP contribution in [0.15, 0.2) is 66.7 Å². The summed E-state index contributed by atoms with van der Waals surface area (Å²) in [5.41, 5.74) is 1.83. The van der Waals surface area contributed by atoms with Crippen molar-refractivity contribution in [1.29, 1.82) is 0 Å². The minimum Gasteiger partial charge on any atom is -0.350 e. The molecule has 3 amide bonds. The molecule has 164 valence electrons. The molecule has 0 saturated carbocycles. The summed E-state index contributed by atoms with van der Waals surface area (Å²) in [7, 11) is 0. The number of hydrogen-bond donors (Lipinski definition) is 3. The lowest BCUT2D eigenvalue weighted by Gasteiger charge is -2.12. The van der Waals surface area contributed by atoms with Crippen molar-refractivity contribution in [1.82, 2.24) is 10.6 Å². The van der Waals surface area contributed by atoms with Gasteiger partial charge in [0.1, 0.15) is 5.82 Å². The Kier molecular flexibility index (Phi) is 7.57. The molecule has 6 nitrogen and oxygen atoms in total. The summed E-state index contributed by atoms with van der Waals surface area (Å²) in [6, 6.07) is 17.0. The molecule has 32 heavy (non-hydrogen) atoms. The van der Waals surface area contributed by atoms with Gasteiger partial charge < -0.3 is 16.0 Å². The van der Waals surface area contributed by atoms with Crippen LogP contribution >= 0.6 is 11.6 Å². The number of rotatable bonds is 7. The van der Waals surface area contributed by atoms with Crippen molar-refractivity contribution in [3.8, 4) is 0 Å². The maximum absolute atomic E-state index is 13.8. The summed E-state index contributed by atoms with van der Waals surface area (Å²) < 4.78 is 13.8. The van der Waals surface area contributed by atoms with Crippen LogP contribution in [0.4, 0.5) is 10.1 Å². The second-order valence-electron chi connectivity index (χ2n) is 6.98. The molecule has 0 aliphatic heterocycles. The average Bonchev–Trinajstić information content (AvgIpc) is 2.78. The average molecular weight is 454 g/mol. The predicted octanol–water partition coefficient (Wildman–Crippen LogP) is 4.20. The minimum atomic E-state index is -0.628. The second kappa shape index (κ2) is 10.5. The quantitative estimate of drug-likeness (QED) is 0.468. The van der Waals surface area contributed by atoms with Crippen LogP contribution < -0.4 is 16.0 Å². The van der Waals surface area contributed by atoms with Crippen molar-refractivity contribution in [2.75, 3.05) is 18.4 Å². The van der Waals surface area contributed by atoms with Crippen LogP contribution in [-0.2, 0) is 0 Å². The molecule has 0 aliphatic rings. The van der Waals surface area contributed by atoms with Crippen LogP contribution in [0.3, 0.4) is 0 Å². The number of anilines is 1. The van der Waals surface area contributed by atoms with Crippen LogP contribution in [0.2, 0.25) is 5.02 Å². The van der Waals surface area contributed by atoms with Crippen LogP contribution in [0.5, 0.6) is 0 Å². The van der Waals surface area contributed by atoms with Crippen molar-refractivity contribution < 1.29 is 18.8 Å². The monoisotopic (exact) mass is 453 g/mol. The predicted molar refractivity (Wildman–Crippen MR) is 122 cm³/mol. The number of carbonyl (C=O) groups is 3. The summed E-state index contributed by atoms with van der Waals surface area (Å²) >= 11 is 5.80. The van der Waals surface area contributed by atoms with Gasteiger partial charge in [0.25, 0.3) is 17.7 Å². The van der Waals surface area contributed by atoms with Gasteiger partial charge in [0, 0.05) is 34.9 Å². The van der Waals surface area contributed by atoms with Crippen LogP contribution in [0.25, 0.3) is 0 Å². The highest BCUT2D eigenvalue weighted by molar-refractivity contribution is 6.30. The van der Waals surface area contributed by atoms with Gasteiger partial charge in [-0.25, -0.2) is 4.39 Å². The number of benzene rings is 3. The van der Waals surface area contributed by atoms with Crippen molar-refractivity contribution in [2.45, 2.75) is 6.92 Å².